The maximum Gasteiger partial charge on any atom is 0.317 e. The number of carbonyl (C=O) groups is 1. The molecule has 0 aliphatic rings. The Balaban J connectivity index is 1.90. The van der Waals surface area contributed by atoms with Crippen molar-refractivity contribution >= 4 is 11.7 Å². The van der Waals surface area contributed by atoms with Gasteiger partial charge in [0.1, 0.15) is 5.75 Å². The number of methoxy groups -OCH3 is 1. The van der Waals surface area contributed by atoms with Gasteiger partial charge >= 0.3 is 6.03 Å². The highest BCUT2D eigenvalue weighted by molar-refractivity contribution is 5.74. The van der Waals surface area contributed by atoms with Crippen LogP contribution >= 0.6 is 0 Å². The Kier molecular flexibility index (Phi) is 6.33. The summed E-state index contributed by atoms with van der Waals surface area (Å²) < 4.78 is 5.30. The third-order valence-corrected chi connectivity index (χ3v) is 3.87. The van der Waals surface area contributed by atoms with Crippen molar-refractivity contribution in [2.45, 2.75) is 13.0 Å². The third-order valence-electron chi connectivity index (χ3n) is 3.87. The van der Waals surface area contributed by atoms with E-state index in [1.165, 1.54) is 6.07 Å². The molecule has 0 aliphatic heterocycles. The normalized spacial score (nSPS) is 10.2. The summed E-state index contributed by atoms with van der Waals surface area (Å²) in [5.74, 6) is 0.788. The van der Waals surface area contributed by atoms with Gasteiger partial charge in [0.2, 0.25) is 0 Å². The second-order valence-electron chi connectivity index (χ2n) is 5.53. The molecule has 0 saturated carbocycles. The van der Waals surface area contributed by atoms with Gasteiger partial charge in [-0.05, 0) is 18.1 Å². The summed E-state index contributed by atoms with van der Waals surface area (Å²) in [5.41, 5.74) is 1.49. The number of carbonyl (C=O) groups excluding carboxylic acids is 1. The molecule has 0 spiro atoms. The molecule has 0 saturated heterocycles. The summed E-state index contributed by atoms with van der Waals surface area (Å²) in [5, 5.41) is 13.7. The number of hydrogen-bond donors (Lipinski definition) is 1. The van der Waals surface area contributed by atoms with E-state index < -0.39 is 4.92 Å². The molecule has 132 valence electrons. The fourth-order valence-corrected chi connectivity index (χ4v) is 2.44. The molecule has 2 rings (SSSR count). The zero-order valence-corrected chi connectivity index (χ0v) is 14.3. The van der Waals surface area contributed by atoms with Crippen molar-refractivity contribution in [2.75, 3.05) is 20.7 Å². The summed E-state index contributed by atoms with van der Waals surface area (Å²) in [7, 11) is 3.30. The Labute approximate surface area is 146 Å². The van der Waals surface area contributed by atoms with Gasteiger partial charge in [0.05, 0.1) is 18.6 Å². The monoisotopic (exact) mass is 343 g/mol. The van der Waals surface area contributed by atoms with Crippen LogP contribution in [0, 0.1) is 10.1 Å². The quantitative estimate of drug-likeness (QED) is 0.619. The Morgan fingerprint density at radius 1 is 1.16 bits per heavy atom. The van der Waals surface area contributed by atoms with Crippen LogP contribution in [0.25, 0.3) is 0 Å². The molecule has 7 nitrogen and oxygen atoms in total. The van der Waals surface area contributed by atoms with Gasteiger partial charge < -0.3 is 15.0 Å². The van der Waals surface area contributed by atoms with Crippen molar-refractivity contribution in [1.82, 2.24) is 10.2 Å². The Hall–Kier alpha value is -3.09. The minimum absolute atomic E-state index is 0.000486. The molecule has 0 heterocycles. The van der Waals surface area contributed by atoms with Crippen LogP contribution in [0.15, 0.2) is 48.5 Å². The lowest BCUT2D eigenvalue weighted by atomic mass is 10.1. The maximum absolute atomic E-state index is 12.2. The molecule has 0 radical (unpaired) electrons. The van der Waals surface area contributed by atoms with E-state index in [-0.39, 0.29) is 18.3 Å². The molecule has 2 amide bonds. The number of likely N-dealkylation sites (N-methyl/N-ethyl adjacent to an activating group) is 1. The lowest BCUT2D eigenvalue weighted by Gasteiger charge is -2.18. The molecule has 0 unspecified atom stereocenters. The lowest BCUT2D eigenvalue weighted by Crippen LogP contribution is -2.38. The van der Waals surface area contributed by atoms with Gasteiger partial charge in [0, 0.05) is 25.2 Å². The van der Waals surface area contributed by atoms with E-state index >= 15 is 0 Å². The van der Waals surface area contributed by atoms with Crippen LogP contribution in [0.2, 0.25) is 0 Å². The van der Waals surface area contributed by atoms with Crippen molar-refractivity contribution in [3.63, 3.8) is 0 Å². The highest BCUT2D eigenvalue weighted by Gasteiger charge is 2.14. The Bertz CT molecular complexity index is 749. The smallest absolute Gasteiger partial charge is 0.317 e. The Morgan fingerprint density at radius 2 is 1.80 bits per heavy atom. The van der Waals surface area contributed by atoms with E-state index in [0.29, 0.717) is 18.5 Å². The van der Waals surface area contributed by atoms with Gasteiger partial charge in [0.15, 0.2) is 0 Å². The average molecular weight is 343 g/mol. The summed E-state index contributed by atoms with van der Waals surface area (Å²) in [6, 6.07) is 13.7. The maximum atomic E-state index is 12.2. The standard InChI is InChI=1S/C18H21N3O4/c1-20(12-11-14-7-4-6-10-17(14)25-2)18(22)19-13-15-8-3-5-9-16(15)21(23)24/h3-10H,11-13H2,1-2H3,(H,19,22). The summed E-state index contributed by atoms with van der Waals surface area (Å²) in [6.45, 7) is 0.609. The fourth-order valence-electron chi connectivity index (χ4n) is 2.44. The van der Waals surface area contributed by atoms with Crippen molar-refractivity contribution in [1.29, 1.82) is 0 Å². The number of hydrogen-bond acceptors (Lipinski definition) is 4. The molecule has 7 heteroatoms. The van der Waals surface area contributed by atoms with Crippen LogP contribution in [0.4, 0.5) is 10.5 Å². The number of rotatable bonds is 7. The highest BCUT2D eigenvalue weighted by Crippen LogP contribution is 2.18. The molecule has 2 aromatic carbocycles. The number of para-hydroxylation sites is 2. The van der Waals surface area contributed by atoms with Gasteiger partial charge in [-0.2, -0.15) is 0 Å². The minimum atomic E-state index is -0.452. The molecule has 0 aliphatic carbocycles. The number of nitro benzene ring substituents is 1. The van der Waals surface area contributed by atoms with E-state index in [9.17, 15) is 14.9 Å². The van der Waals surface area contributed by atoms with Crippen molar-refractivity contribution < 1.29 is 14.5 Å². The van der Waals surface area contributed by atoms with E-state index in [1.807, 2.05) is 24.3 Å². The fraction of sp³-hybridized carbons (Fsp3) is 0.278. The molecule has 0 fully saturated rings. The summed E-state index contributed by atoms with van der Waals surface area (Å²) in [6.07, 6.45) is 0.652. The predicted molar refractivity (Wildman–Crippen MR) is 94.7 cm³/mol. The first-order valence-electron chi connectivity index (χ1n) is 7.86. The molecule has 25 heavy (non-hydrogen) atoms. The first-order chi connectivity index (χ1) is 12.0. The second kappa shape index (κ2) is 8.68. The molecule has 2 aromatic rings. The molecule has 0 atom stereocenters. The summed E-state index contributed by atoms with van der Waals surface area (Å²) >= 11 is 0. The largest absolute Gasteiger partial charge is 0.496 e. The van der Waals surface area contributed by atoms with Crippen LogP contribution in [-0.2, 0) is 13.0 Å². The van der Waals surface area contributed by atoms with Crippen LogP contribution in [-0.4, -0.2) is 36.6 Å². The van der Waals surface area contributed by atoms with Crippen molar-refractivity contribution in [2.24, 2.45) is 0 Å². The topological polar surface area (TPSA) is 84.7 Å². The van der Waals surface area contributed by atoms with E-state index in [4.69, 9.17) is 4.74 Å². The van der Waals surface area contributed by atoms with Crippen LogP contribution in [0.1, 0.15) is 11.1 Å². The highest BCUT2D eigenvalue weighted by atomic mass is 16.6. The number of urea groups is 1. The van der Waals surface area contributed by atoms with Crippen molar-refractivity contribution in [3.8, 4) is 5.75 Å². The van der Waals surface area contributed by atoms with Gasteiger partial charge in [0.25, 0.3) is 5.69 Å². The first kappa shape index (κ1) is 18.3. The van der Waals surface area contributed by atoms with Gasteiger partial charge in [-0.25, -0.2) is 4.79 Å². The number of nitrogens with one attached hydrogen (secondary N) is 1. The zero-order chi connectivity index (χ0) is 18.2. The molecular weight excluding hydrogens is 322 g/mol. The van der Waals surface area contributed by atoms with E-state index in [1.54, 1.807) is 37.3 Å². The third kappa shape index (κ3) is 4.94. The number of ether oxygens (including phenoxy) is 1. The summed E-state index contributed by atoms with van der Waals surface area (Å²) in [4.78, 5) is 24.3. The van der Waals surface area contributed by atoms with E-state index in [0.717, 1.165) is 11.3 Å². The average Bonchev–Trinajstić information content (AvgIpc) is 2.64. The van der Waals surface area contributed by atoms with Crippen LogP contribution < -0.4 is 10.1 Å². The first-order valence-corrected chi connectivity index (χ1v) is 7.86. The van der Waals surface area contributed by atoms with Gasteiger partial charge in [-0.15, -0.1) is 0 Å². The van der Waals surface area contributed by atoms with Crippen molar-refractivity contribution in [3.05, 3.63) is 69.8 Å². The van der Waals surface area contributed by atoms with Gasteiger partial charge in [-0.1, -0.05) is 36.4 Å². The molecule has 0 bridgehead atoms. The number of nitro groups is 1. The van der Waals surface area contributed by atoms with Crippen LogP contribution in [0.5, 0.6) is 5.75 Å². The van der Waals surface area contributed by atoms with Crippen LogP contribution in [0.3, 0.4) is 0 Å². The Morgan fingerprint density at radius 3 is 2.48 bits per heavy atom. The molecule has 1 N–H and O–H groups in total. The van der Waals surface area contributed by atoms with E-state index in [2.05, 4.69) is 5.32 Å². The zero-order valence-electron chi connectivity index (χ0n) is 14.3. The number of amides is 2. The molecular formula is C18H21N3O4. The minimum Gasteiger partial charge on any atom is -0.496 e. The number of nitrogens with zero attached hydrogens (tertiary/aromatic N) is 2. The number of benzene rings is 2. The second-order valence-corrected chi connectivity index (χ2v) is 5.53. The predicted octanol–water partition coefficient (Wildman–Crippen LogP) is 2.99. The van der Waals surface area contributed by atoms with Gasteiger partial charge in [-0.3, -0.25) is 10.1 Å². The lowest BCUT2D eigenvalue weighted by molar-refractivity contribution is -0.385. The SMILES string of the molecule is COc1ccccc1CCN(C)C(=O)NCc1ccccc1[N+](=O)[O-]. The molecule has 0 aromatic heterocycles.